The summed E-state index contributed by atoms with van der Waals surface area (Å²) in [4.78, 5) is 0. The van der Waals surface area contributed by atoms with E-state index in [1.54, 1.807) is 7.11 Å². The lowest BCUT2D eigenvalue weighted by Gasteiger charge is -2.02. The van der Waals surface area contributed by atoms with Crippen LogP contribution in [0.1, 0.15) is 16.7 Å². The summed E-state index contributed by atoms with van der Waals surface area (Å²) in [5.41, 5.74) is 3.15. The summed E-state index contributed by atoms with van der Waals surface area (Å²) in [7, 11) is 1.66. The maximum Gasteiger partial charge on any atom is 0.118 e. The van der Waals surface area contributed by atoms with E-state index in [0.717, 1.165) is 28.9 Å². The molecule has 98 valence electrons. The zero-order valence-corrected chi connectivity index (χ0v) is 11.3. The van der Waals surface area contributed by atoms with Gasteiger partial charge in [-0.2, -0.15) is 0 Å². The van der Waals surface area contributed by atoms with Crippen molar-refractivity contribution in [3.8, 4) is 11.5 Å². The molecular weight excluding hydrogens is 236 g/mol. The molecule has 2 aromatic carbocycles. The molecule has 0 bridgehead atoms. The van der Waals surface area contributed by atoms with Crippen LogP contribution in [-0.2, 0) is 6.42 Å². The van der Waals surface area contributed by atoms with Gasteiger partial charge in [0.25, 0.3) is 0 Å². The van der Waals surface area contributed by atoms with Gasteiger partial charge in [-0.05, 0) is 48.2 Å². The first-order valence-electron chi connectivity index (χ1n) is 6.28. The molecule has 1 N–H and O–H groups in total. The molecular formula is C17H18O2. The molecule has 0 saturated carbocycles. The van der Waals surface area contributed by atoms with Gasteiger partial charge in [0.1, 0.15) is 11.5 Å². The Kier molecular flexibility index (Phi) is 4.24. The Hall–Kier alpha value is -2.22. The third-order valence-corrected chi connectivity index (χ3v) is 3.05. The van der Waals surface area contributed by atoms with Crippen LogP contribution in [0.3, 0.4) is 0 Å². The van der Waals surface area contributed by atoms with Crippen LogP contribution in [0.5, 0.6) is 11.5 Å². The highest BCUT2D eigenvalue weighted by Gasteiger charge is 1.96. The predicted molar refractivity (Wildman–Crippen MR) is 78.6 cm³/mol. The Morgan fingerprint density at radius 1 is 1.11 bits per heavy atom. The van der Waals surface area contributed by atoms with E-state index in [4.69, 9.17) is 4.74 Å². The Bertz CT molecular complexity index is 568. The van der Waals surface area contributed by atoms with Gasteiger partial charge in [-0.3, -0.25) is 0 Å². The Labute approximate surface area is 114 Å². The Morgan fingerprint density at radius 3 is 2.47 bits per heavy atom. The van der Waals surface area contributed by atoms with Crippen LogP contribution in [0.25, 0.3) is 6.08 Å². The van der Waals surface area contributed by atoms with E-state index in [1.807, 2.05) is 49.4 Å². The highest BCUT2D eigenvalue weighted by Crippen LogP contribution is 2.18. The molecule has 0 aliphatic heterocycles. The van der Waals surface area contributed by atoms with E-state index < -0.39 is 0 Å². The second-order valence-corrected chi connectivity index (χ2v) is 4.50. The molecule has 0 saturated heterocycles. The van der Waals surface area contributed by atoms with Crippen molar-refractivity contribution in [2.45, 2.75) is 13.3 Å². The van der Waals surface area contributed by atoms with Crippen LogP contribution >= 0.6 is 0 Å². The average Bonchev–Trinajstić information content (AvgIpc) is 2.43. The average molecular weight is 254 g/mol. The lowest BCUT2D eigenvalue weighted by atomic mass is 10.1. The molecule has 0 amide bonds. The second-order valence-electron chi connectivity index (χ2n) is 4.50. The number of phenolic OH excluding ortho intramolecular Hbond substituents is 1. The normalized spacial score (nSPS) is 10.8. The van der Waals surface area contributed by atoms with Gasteiger partial charge in [0.05, 0.1) is 7.11 Å². The maximum absolute atomic E-state index is 9.64. The number of aryl methyl sites for hydroxylation is 1. The standard InChI is InChI=1S/C17H18O2/c1-13-6-7-15(12-17(13)18)5-3-4-14-8-10-16(19-2)11-9-14/h3-4,6-12,18H,5H2,1-2H3/b4-3+. The van der Waals surface area contributed by atoms with E-state index in [9.17, 15) is 5.11 Å². The molecule has 0 aromatic heterocycles. The summed E-state index contributed by atoms with van der Waals surface area (Å²) in [6, 6.07) is 13.7. The van der Waals surface area contributed by atoms with Gasteiger partial charge in [0.2, 0.25) is 0 Å². The zero-order valence-electron chi connectivity index (χ0n) is 11.3. The van der Waals surface area contributed by atoms with E-state index in [0.29, 0.717) is 5.75 Å². The van der Waals surface area contributed by atoms with E-state index >= 15 is 0 Å². The SMILES string of the molecule is COc1ccc(/C=C/Cc2ccc(C)c(O)c2)cc1. The number of ether oxygens (including phenoxy) is 1. The topological polar surface area (TPSA) is 29.5 Å². The fourth-order valence-corrected chi connectivity index (χ4v) is 1.83. The lowest BCUT2D eigenvalue weighted by Crippen LogP contribution is -1.83. The molecule has 0 fully saturated rings. The Balaban J connectivity index is 2.00. The van der Waals surface area contributed by atoms with Crippen molar-refractivity contribution in [3.63, 3.8) is 0 Å². The zero-order chi connectivity index (χ0) is 13.7. The van der Waals surface area contributed by atoms with Gasteiger partial charge >= 0.3 is 0 Å². The minimum absolute atomic E-state index is 0.357. The van der Waals surface area contributed by atoms with Crippen LogP contribution < -0.4 is 4.74 Å². The minimum Gasteiger partial charge on any atom is -0.508 e. The number of benzene rings is 2. The second kappa shape index (κ2) is 6.10. The number of rotatable bonds is 4. The van der Waals surface area contributed by atoms with Gasteiger partial charge in [0, 0.05) is 0 Å². The smallest absolute Gasteiger partial charge is 0.118 e. The first kappa shape index (κ1) is 13.2. The number of phenols is 1. The fourth-order valence-electron chi connectivity index (χ4n) is 1.83. The summed E-state index contributed by atoms with van der Waals surface area (Å²) in [6.07, 6.45) is 4.96. The van der Waals surface area contributed by atoms with Crippen molar-refractivity contribution in [1.29, 1.82) is 0 Å². The van der Waals surface area contributed by atoms with Crippen LogP contribution in [0.4, 0.5) is 0 Å². The number of hydrogen-bond donors (Lipinski definition) is 1. The number of hydrogen-bond acceptors (Lipinski definition) is 2. The maximum atomic E-state index is 9.64. The first-order chi connectivity index (χ1) is 9.19. The predicted octanol–water partition coefficient (Wildman–Crippen LogP) is 3.97. The van der Waals surface area contributed by atoms with Gasteiger partial charge in [0.15, 0.2) is 0 Å². The van der Waals surface area contributed by atoms with Crippen molar-refractivity contribution in [3.05, 3.63) is 65.2 Å². The molecule has 2 aromatic rings. The molecule has 0 aliphatic carbocycles. The number of aromatic hydroxyl groups is 1. The molecule has 0 spiro atoms. The summed E-state index contributed by atoms with van der Waals surface area (Å²) in [5.74, 6) is 1.22. The first-order valence-corrected chi connectivity index (χ1v) is 6.28. The number of allylic oxidation sites excluding steroid dienone is 1. The van der Waals surface area contributed by atoms with Crippen LogP contribution in [0.15, 0.2) is 48.5 Å². The Morgan fingerprint density at radius 2 is 1.84 bits per heavy atom. The van der Waals surface area contributed by atoms with Gasteiger partial charge in [-0.1, -0.05) is 36.4 Å². The largest absolute Gasteiger partial charge is 0.508 e. The molecule has 0 aliphatic rings. The summed E-state index contributed by atoms with van der Waals surface area (Å²) in [6.45, 7) is 1.90. The summed E-state index contributed by atoms with van der Waals surface area (Å²) >= 11 is 0. The molecule has 19 heavy (non-hydrogen) atoms. The molecule has 0 atom stereocenters. The molecule has 0 unspecified atom stereocenters. The molecule has 0 heterocycles. The van der Waals surface area contributed by atoms with Gasteiger partial charge in [-0.25, -0.2) is 0 Å². The third-order valence-electron chi connectivity index (χ3n) is 3.05. The van der Waals surface area contributed by atoms with E-state index in [2.05, 4.69) is 12.2 Å². The van der Waals surface area contributed by atoms with Crippen LogP contribution in [0, 0.1) is 6.92 Å². The third kappa shape index (κ3) is 3.62. The van der Waals surface area contributed by atoms with E-state index in [-0.39, 0.29) is 0 Å². The summed E-state index contributed by atoms with van der Waals surface area (Å²) < 4.78 is 5.12. The highest BCUT2D eigenvalue weighted by molar-refractivity contribution is 5.51. The van der Waals surface area contributed by atoms with Crippen molar-refractivity contribution < 1.29 is 9.84 Å². The minimum atomic E-state index is 0.357. The van der Waals surface area contributed by atoms with E-state index in [1.165, 1.54) is 0 Å². The summed E-state index contributed by atoms with van der Waals surface area (Å²) in [5, 5.41) is 9.64. The molecule has 2 nitrogen and oxygen atoms in total. The molecule has 2 rings (SSSR count). The van der Waals surface area contributed by atoms with Gasteiger partial charge < -0.3 is 9.84 Å². The lowest BCUT2D eigenvalue weighted by molar-refractivity contribution is 0.415. The fraction of sp³-hybridized carbons (Fsp3) is 0.176. The molecule has 0 radical (unpaired) electrons. The monoisotopic (exact) mass is 254 g/mol. The van der Waals surface area contributed by atoms with Gasteiger partial charge in [-0.15, -0.1) is 0 Å². The highest BCUT2D eigenvalue weighted by atomic mass is 16.5. The van der Waals surface area contributed by atoms with Crippen molar-refractivity contribution in [2.75, 3.05) is 7.11 Å². The van der Waals surface area contributed by atoms with Crippen LogP contribution in [0.2, 0.25) is 0 Å². The molecule has 2 heteroatoms. The quantitative estimate of drug-likeness (QED) is 0.894. The van der Waals surface area contributed by atoms with Crippen LogP contribution in [-0.4, -0.2) is 12.2 Å². The van der Waals surface area contributed by atoms with Crippen molar-refractivity contribution >= 4 is 6.08 Å². The van der Waals surface area contributed by atoms with Crippen molar-refractivity contribution in [2.24, 2.45) is 0 Å². The number of methoxy groups -OCH3 is 1. The van der Waals surface area contributed by atoms with Crippen molar-refractivity contribution in [1.82, 2.24) is 0 Å².